The van der Waals surface area contributed by atoms with Crippen molar-refractivity contribution in [1.82, 2.24) is 0 Å². The van der Waals surface area contributed by atoms with E-state index < -0.39 is 6.91 Å². The predicted molar refractivity (Wildman–Crippen MR) is 87.1 cm³/mol. The average Bonchev–Trinajstić information content (AvgIpc) is 2.40. The van der Waals surface area contributed by atoms with Gasteiger partial charge in [0.1, 0.15) is 0 Å². The van der Waals surface area contributed by atoms with Gasteiger partial charge in [0.15, 0.2) is 0 Å². The zero-order valence-corrected chi connectivity index (χ0v) is 14.4. The number of unbranched alkanes of at least 4 members (excludes halogenated alkanes) is 3. The Labute approximate surface area is 115 Å². The first kappa shape index (κ1) is 18.4. The molecule has 112 valence electrons. The van der Waals surface area contributed by atoms with E-state index >= 15 is 4.20 Å². The van der Waals surface area contributed by atoms with E-state index in [-0.39, 0.29) is 0 Å². The minimum absolute atomic E-state index is 0.320. The molecule has 0 fully saturated rings. The van der Waals surface area contributed by atoms with E-state index in [1.54, 1.807) is 0 Å². The topological polar surface area (TPSA) is 0 Å². The van der Waals surface area contributed by atoms with Crippen LogP contribution in [-0.2, 0) is 0 Å². The summed E-state index contributed by atoms with van der Waals surface area (Å²) in [5.74, 6) is 0. The molecule has 0 aromatic rings. The van der Waals surface area contributed by atoms with E-state index in [9.17, 15) is 0 Å². The summed E-state index contributed by atoms with van der Waals surface area (Å²) in [6.45, 7) is 8.00. The van der Waals surface area contributed by atoms with Crippen LogP contribution in [0, 0.1) is 0 Å². The first-order chi connectivity index (χ1) is 8.47. The van der Waals surface area contributed by atoms with Crippen molar-refractivity contribution >= 4 is 6.91 Å². The molecule has 0 amide bonds. The fourth-order valence-corrected chi connectivity index (χ4v) is 9.15. The predicted octanol–water partition coefficient (Wildman–Crippen LogP) is 6.62. The van der Waals surface area contributed by atoms with Gasteiger partial charge >= 0.3 is 115 Å². The fourth-order valence-electron chi connectivity index (χ4n) is 3.05. The van der Waals surface area contributed by atoms with Crippen molar-refractivity contribution in [2.45, 2.75) is 85.2 Å². The van der Waals surface area contributed by atoms with Crippen LogP contribution >= 0.6 is 6.91 Å². The Hall–Kier alpha value is 0.360. The van der Waals surface area contributed by atoms with E-state index in [2.05, 4.69) is 34.6 Å². The van der Waals surface area contributed by atoms with Crippen LogP contribution < -0.4 is 0 Å². The van der Waals surface area contributed by atoms with E-state index in [1.165, 1.54) is 0 Å². The van der Waals surface area contributed by atoms with Crippen LogP contribution in [0.3, 0.4) is 0 Å². The first-order valence-corrected chi connectivity index (χ1v) is 10.9. The van der Waals surface area contributed by atoms with Crippen molar-refractivity contribution in [3.8, 4) is 0 Å². The Bertz CT molecular complexity index is 191. The summed E-state index contributed by atoms with van der Waals surface area (Å²) in [5, 5.41) is 0. The molecule has 0 aliphatic carbocycles. The third-order valence-electron chi connectivity index (χ3n) is 4.82. The van der Waals surface area contributed by atoms with Crippen LogP contribution in [0.1, 0.15) is 79.6 Å². The van der Waals surface area contributed by atoms with Crippen molar-refractivity contribution in [1.29, 1.82) is 0 Å². The molecule has 18 heavy (non-hydrogen) atoms. The molecule has 2 heteroatoms. The molecule has 0 bridgehead atoms. The molecular formula is C16H36FP. The van der Waals surface area contributed by atoms with E-state index in [0.717, 1.165) is 63.4 Å². The second-order valence-corrected chi connectivity index (χ2v) is 11.7. The maximum absolute atomic E-state index is 16.3. The summed E-state index contributed by atoms with van der Waals surface area (Å²) in [6, 6.07) is 0. The number of halogens is 1. The Morgan fingerprint density at radius 1 is 0.778 bits per heavy atom. The fraction of sp³-hybridized carbons (Fsp3) is 1.00. The summed E-state index contributed by atoms with van der Waals surface area (Å²) in [7, 11) is 0. The van der Waals surface area contributed by atoms with Gasteiger partial charge in [0.2, 0.25) is 0 Å². The summed E-state index contributed by atoms with van der Waals surface area (Å²) in [6.07, 6.45) is 10.4. The number of hydrogen-bond donors (Lipinski definition) is 0. The normalized spacial score (nSPS) is 16.2. The van der Waals surface area contributed by atoms with Crippen molar-refractivity contribution in [2.24, 2.45) is 0 Å². The molecule has 0 rings (SSSR count). The zero-order valence-electron chi connectivity index (χ0n) is 13.5. The molecule has 1 unspecified atom stereocenters. The summed E-state index contributed by atoms with van der Waals surface area (Å²) >= 11 is 0. The van der Waals surface area contributed by atoms with Gasteiger partial charge in [-0.2, -0.15) is 0 Å². The van der Waals surface area contributed by atoms with Crippen molar-refractivity contribution in [3.63, 3.8) is 0 Å². The Balaban J connectivity index is 5.07. The van der Waals surface area contributed by atoms with Crippen LogP contribution in [-0.4, -0.2) is 24.1 Å². The van der Waals surface area contributed by atoms with Gasteiger partial charge in [-0.05, 0) is 0 Å². The SMILES string of the molecule is CCCCP(F)(CCCC)(CCCC)C(C)CC. The minimum atomic E-state index is -2.95. The summed E-state index contributed by atoms with van der Waals surface area (Å²) < 4.78 is 16.3. The van der Waals surface area contributed by atoms with Gasteiger partial charge < -0.3 is 0 Å². The van der Waals surface area contributed by atoms with Crippen LogP contribution in [0.5, 0.6) is 0 Å². The maximum atomic E-state index is 16.3. The molecule has 0 aliphatic rings. The first-order valence-electron chi connectivity index (χ1n) is 8.19. The van der Waals surface area contributed by atoms with Crippen molar-refractivity contribution in [2.75, 3.05) is 18.5 Å². The molecule has 1 atom stereocenters. The zero-order chi connectivity index (χ0) is 14.1. The van der Waals surface area contributed by atoms with Crippen LogP contribution in [0.2, 0.25) is 0 Å². The van der Waals surface area contributed by atoms with Crippen molar-refractivity contribution < 1.29 is 4.20 Å². The molecule has 0 nitrogen and oxygen atoms in total. The second-order valence-electron chi connectivity index (χ2n) is 6.16. The van der Waals surface area contributed by atoms with Gasteiger partial charge in [-0.1, -0.05) is 0 Å². The molecular weight excluding hydrogens is 242 g/mol. The summed E-state index contributed by atoms with van der Waals surface area (Å²) in [5.41, 5.74) is 0.320. The molecule has 0 spiro atoms. The Kier molecular flexibility index (Phi) is 8.69. The van der Waals surface area contributed by atoms with Gasteiger partial charge in [-0.3, -0.25) is 0 Å². The molecule has 0 aromatic heterocycles. The Morgan fingerprint density at radius 2 is 1.11 bits per heavy atom. The molecule has 0 heterocycles. The molecule has 0 N–H and O–H groups in total. The number of hydrogen-bond acceptors (Lipinski definition) is 0. The quantitative estimate of drug-likeness (QED) is 0.372. The molecule has 0 aromatic carbocycles. The Morgan fingerprint density at radius 3 is 1.33 bits per heavy atom. The molecule has 0 saturated heterocycles. The van der Waals surface area contributed by atoms with Crippen LogP contribution in [0.4, 0.5) is 4.20 Å². The van der Waals surface area contributed by atoms with E-state index in [0.29, 0.717) is 5.66 Å². The third kappa shape index (κ3) is 4.80. The average molecular weight is 278 g/mol. The monoisotopic (exact) mass is 278 g/mol. The molecule has 0 aliphatic heterocycles. The molecule has 0 radical (unpaired) electrons. The third-order valence-corrected chi connectivity index (χ3v) is 11.5. The van der Waals surface area contributed by atoms with E-state index in [4.69, 9.17) is 0 Å². The summed E-state index contributed by atoms with van der Waals surface area (Å²) in [4.78, 5) is 0. The van der Waals surface area contributed by atoms with Gasteiger partial charge in [0, 0.05) is 0 Å². The number of rotatable bonds is 11. The van der Waals surface area contributed by atoms with Gasteiger partial charge in [0.05, 0.1) is 0 Å². The second kappa shape index (κ2) is 8.51. The van der Waals surface area contributed by atoms with Gasteiger partial charge in [0.25, 0.3) is 0 Å². The van der Waals surface area contributed by atoms with Gasteiger partial charge in [-0.25, -0.2) is 0 Å². The van der Waals surface area contributed by atoms with Crippen molar-refractivity contribution in [3.05, 3.63) is 0 Å². The van der Waals surface area contributed by atoms with Crippen LogP contribution in [0.25, 0.3) is 0 Å². The van der Waals surface area contributed by atoms with Crippen LogP contribution in [0.15, 0.2) is 0 Å². The standard InChI is InChI=1S/C16H36FP/c1-6-10-13-18(17,14-11-7-2,15-12-8-3)16(5)9-4/h16H,6-15H2,1-5H3. The van der Waals surface area contributed by atoms with E-state index in [1.807, 2.05) is 0 Å². The molecule has 0 saturated carbocycles. The van der Waals surface area contributed by atoms with Gasteiger partial charge in [-0.15, -0.1) is 0 Å².